The lowest BCUT2D eigenvalue weighted by molar-refractivity contribution is 0.0738. The molecule has 0 spiro atoms. The number of hydrogen-bond acceptors (Lipinski definition) is 3. The highest BCUT2D eigenvalue weighted by Gasteiger charge is 2.19. The van der Waals surface area contributed by atoms with E-state index in [0.29, 0.717) is 5.69 Å². The van der Waals surface area contributed by atoms with Crippen LogP contribution in [0, 0.1) is 0 Å². The molecule has 100 valence electrons. The van der Waals surface area contributed by atoms with Crippen LogP contribution in [-0.2, 0) is 6.42 Å². The summed E-state index contributed by atoms with van der Waals surface area (Å²) >= 11 is 5.03. The summed E-state index contributed by atoms with van der Waals surface area (Å²) in [5, 5.41) is 2.06. The van der Waals surface area contributed by atoms with E-state index in [2.05, 4.69) is 39.3 Å². The Morgan fingerprint density at radius 3 is 2.84 bits per heavy atom. The molecule has 0 bridgehead atoms. The third kappa shape index (κ3) is 3.64. The lowest BCUT2D eigenvalue weighted by Gasteiger charge is -2.24. The Kier molecular flexibility index (Phi) is 4.71. The van der Waals surface area contributed by atoms with Crippen LogP contribution in [-0.4, -0.2) is 28.9 Å². The molecule has 2 aromatic heterocycles. The summed E-state index contributed by atoms with van der Waals surface area (Å²) in [4.78, 5) is 19.5. The first-order valence-electron chi connectivity index (χ1n) is 5.99. The highest BCUT2D eigenvalue weighted by atomic mass is 79.9. The van der Waals surface area contributed by atoms with Crippen molar-refractivity contribution in [2.45, 2.75) is 19.4 Å². The summed E-state index contributed by atoms with van der Waals surface area (Å²) in [6, 6.07) is 7.85. The topological polar surface area (TPSA) is 33.2 Å². The van der Waals surface area contributed by atoms with Crippen LogP contribution >= 0.6 is 27.3 Å². The first kappa shape index (κ1) is 14.2. The van der Waals surface area contributed by atoms with E-state index in [0.717, 1.165) is 10.9 Å². The third-order valence-corrected chi connectivity index (χ3v) is 4.37. The third-order valence-electron chi connectivity index (χ3n) is 3.00. The second-order valence-corrected chi connectivity index (χ2v) is 6.36. The van der Waals surface area contributed by atoms with Crippen molar-refractivity contribution in [3.63, 3.8) is 0 Å². The van der Waals surface area contributed by atoms with E-state index in [-0.39, 0.29) is 11.9 Å². The molecule has 0 radical (unpaired) electrons. The quantitative estimate of drug-likeness (QED) is 0.853. The Labute approximate surface area is 125 Å². The van der Waals surface area contributed by atoms with E-state index in [1.807, 2.05) is 19.2 Å². The Hall–Kier alpha value is -1.20. The van der Waals surface area contributed by atoms with Gasteiger partial charge in [-0.1, -0.05) is 6.07 Å². The van der Waals surface area contributed by atoms with Gasteiger partial charge in [-0.15, -0.1) is 11.3 Å². The second kappa shape index (κ2) is 6.30. The minimum absolute atomic E-state index is 0.0449. The summed E-state index contributed by atoms with van der Waals surface area (Å²) in [6.45, 7) is 2.05. The molecular weight excluding hydrogens is 324 g/mol. The van der Waals surface area contributed by atoms with Gasteiger partial charge in [-0.2, -0.15) is 0 Å². The van der Waals surface area contributed by atoms with Crippen LogP contribution in [0.1, 0.15) is 22.3 Å². The van der Waals surface area contributed by atoms with Crippen LogP contribution < -0.4 is 0 Å². The maximum Gasteiger partial charge on any atom is 0.272 e. The van der Waals surface area contributed by atoms with E-state index in [4.69, 9.17) is 0 Å². The van der Waals surface area contributed by atoms with Gasteiger partial charge in [0.05, 0.1) is 0 Å². The molecule has 2 heterocycles. The molecule has 0 saturated carbocycles. The van der Waals surface area contributed by atoms with Gasteiger partial charge >= 0.3 is 0 Å². The zero-order chi connectivity index (χ0) is 13.8. The molecular formula is C14H15BrN2OS. The fraction of sp³-hybridized carbons (Fsp3) is 0.286. The largest absolute Gasteiger partial charge is 0.337 e. The number of hydrogen-bond donors (Lipinski definition) is 0. The van der Waals surface area contributed by atoms with Gasteiger partial charge in [0.1, 0.15) is 5.69 Å². The molecule has 0 N–H and O–H groups in total. The number of rotatable bonds is 4. The number of carbonyl (C=O) groups excluding carboxylic acids is 1. The van der Waals surface area contributed by atoms with Crippen LogP contribution in [0.4, 0.5) is 0 Å². The summed E-state index contributed by atoms with van der Waals surface area (Å²) in [5.41, 5.74) is 0.476. The van der Waals surface area contributed by atoms with Crippen molar-refractivity contribution in [3.05, 3.63) is 50.9 Å². The van der Waals surface area contributed by atoms with Crippen molar-refractivity contribution < 1.29 is 4.79 Å². The predicted molar refractivity (Wildman–Crippen MR) is 81.5 cm³/mol. The predicted octanol–water partition coefficient (Wildman–Crippen LogP) is 3.61. The van der Waals surface area contributed by atoms with Crippen molar-refractivity contribution in [1.29, 1.82) is 0 Å². The first-order chi connectivity index (χ1) is 9.08. The van der Waals surface area contributed by atoms with E-state index in [9.17, 15) is 4.79 Å². The van der Waals surface area contributed by atoms with Crippen molar-refractivity contribution in [2.24, 2.45) is 0 Å². The van der Waals surface area contributed by atoms with Crippen LogP contribution in [0.2, 0.25) is 0 Å². The number of aromatic nitrogens is 1. The van der Waals surface area contributed by atoms with E-state index in [1.54, 1.807) is 28.5 Å². The van der Waals surface area contributed by atoms with Gasteiger partial charge in [0.15, 0.2) is 0 Å². The molecule has 0 aliphatic rings. The summed E-state index contributed by atoms with van der Waals surface area (Å²) in [7, 11) is 1.82. The Balaban J connectivity index is 2.04. The molecule has 5 heteroatoms. The summed E-state index contributed by atoms with van der Waals surface area (Å²) < 4.78 is 0.873. The number of pyridine rings is 1. The average Bonchev–Trinajstić information content (AvgIpc) is 2.90. The lowest BCUT2D eigenvalue weighted by atomic mass is 10.1. The van der Waals surface area contributed by atoms with Crippen LogP contribution in [0.15, 0.2) is 40.3 Å². The number of halogens is 1. The minimum Gasteiger partial charge on any atom is -0.337 e. The normalized spacial score (nSPS) is 12.2. The fourth-order valence-corrected chi connectivity index (χ4v) is 2.80. The molecule has 19 heavy (non-hydrogen) atoms. The van der Waals surface area contributed by atoms with Gasteiger partial charge in [0.25, 0.3) is 5.91 Å². The Bertz CT molecular complexity index is 539. The van der Waals surface area contributed by atoms with Crippen molar-refractivity contribution in [3.8, 4) is 0 Å². The fourth-order valence-electron chi connectivity index (χ4n) is 1.74. The number of thiophene rings is 1. The number of amides is 1. The zero-order valence-electron chi connectivity index (χ0n) is 10.8. The Morgan fingerprint density at radius 2 is 2.26 bits per heavy atom. The van der Waals surface area contributed by atoms with E-state index < -0.39 is 0 Å². The SMILES string of the molecule is CC(Cc1cccs1)N(C)C(=O)c1ccc(Br)cn1. The summed E-state index contributed by atoms with van der Waals surface area (Å²) in [5.74, 6) is -0.0449. The van der Waals surface area contributed by atoms with Gasteiger partial charge in [-0.05, 0) is 46.4 Å². The van der Waals surface area contributed by atoms with Gasteiger partial charge in [-0.25, -0.2) is 4.98 Å². The molecule has 1 atom stereocenters. The lowest BCUT2D eigenvalue weighted by Crippen LogP contribution is -2.36. The highest BCUT2D eigenvalue weighted by molar-refractivity contribution is 9.10. The van der Waals surface area contributed by atoms with Gasteiger partial charge in [-0.3, -0.25) is 4.79 Å². The van der Waals surface area contributed by atoms with Crippen LogP contribution in [0.3, 0.4) is 0 Å². The van der Waals surface area contributed by atoms with Gasteiger partial charge in [0, 0.05) is 35.1 Å². The standard InChI is InChI=1S/C14H15BrN2OS/c1-10(8-12-4-3-7-19-12)17(2)14(18)13-6-5-11(15)9-16-13/h3-7,9-10H,8H2,1-2H3. The molecule has 0 fully saturated rings. The smallest absolute Gasteiger partial charge is 0.272 e. The molecule has 0 saturated heterocycles. The molecule has 3 nitrogen and oxygen atoms in total. The molecule has 0 aliphatic carbocycles. The van der Waals surface area contributed by atoms with Crippen molar-refractivity contribution in [1.82, 2.24) is 9.88 Å². The van der Waals surface area contributed by atoms with Crippen molar-refractivity contribution in [2.75, 3.05) is 7.05 Å². The minimum atomic E-state index is -0.0449. The highest BCUT2D eigenvalue weighted by Crippen LogP contribution is 2.15. The monoisotopic (exact) mass is 338 g/mol. The number of nitrogens with zero attached hydrogens (tertiary/aromatic N) is 2. The molecule has 2 rings (SSSR count). The van der Waals surface area contributed by atoms with E-state index >= 15 is 0 Å². The number of likely N-dealkylation sites (N-methyl/N-ethyl adjacent to an activating group) is 1. The van der Waals surface area contributed by atoms with Crippen molar-refractivity contribution >= 4 is 33.2 Å². The second-order valence-electron chi connectivity index (χ2n) is 4.41. The summed E-state index contributed by atoms with van der Waals surface area (Å²) in [6.07, 6.45) is 2.52. The maximum absolute atomic E-state index is 12.3. The molecule has 0 aromatic carbocycles. The van der Waals surface area contributed by atoms with Gasteiger partial charge in [0.2, 0.25) is 0 Å². The molecule has 0 aliphatic heterocycles. The average molecular weight is 339 g/mol. The molecule has 1 amide bonds. The molecule has 1 unspecified atom stereocenters. The molecule has 2 aromatic rings. The Morgan fingerprint density at radius 1 is 1.47 bits per heavy atom. The van der Waals surface area contributed by atoms with Crippen LogP contribution in [0.5, 0.6) is 0 Å². The maximum atomic E-state index is 12.3. The first-order valence-corrected chi connectivity index (χ1v) is 7.66. The number of carbonyl (C=O) groups is 1. The van der Waals surface area contributed by atoms with Crippen LogP contribution in [0.25, 0.3) is 0 Å². The van der Waals surface area contributed by atoms with Gasteiger partial charge < -0.3 is 4.90 Å². The van der Waals surface area contributed by atoms with E-state index in [1.165, 1.54) is 4.88 Å². The zero-order valence-corrected chi connectivity index (χ0v) is 13.2.